The molecule has 0 unspecified atom stereocenters. The molecule has 0 aromatic heterocycles. The van der Waals surface area contributed by atoms with Gasteiger partial charge < -0.3 is 10.4 Å². The molecule has 1 atom stereocenters. The summed E-state index contributed by atoms with van der Waals surface area (Å²) in [6.07, 6.45) is 1.88. The van der Waals surface area contributed by atoms with Crippen molar-refractivity contribution in [3.05, 3.63) is 70.3 Å². The van der Waals surface area contributed by atoms with E-state index in [1.165, 1.54) is 18.2 Å². The summed E-state index contributed by atoms with van der Waals surface area (Å²) in [6.45, 7) is 1.57. The number of hydrogen-bond donors (Lipinski definition) is 2. The molecule has 6 heteroatoms. The predicted octanol–water partition coefficient (Wildman–Crippen LogP) is 3.58. The van der Waals surface area contributed by atoms with E-state index in [0.29, 0.717) is 16.7 Å². The Labute approximate surface area is 149 Å². The van der Waals surface area contributed by atoms with Crippen molar-refractivity contribution in [2.24, 2.45) is 0 Å². The van der Waals surface area contributed by atoms with Gasteiger partial charge in [-0.2, -0.15) is 0 Å². The van der Waals surface area contributed by atoms with Crippen molar-refractivity contribution in [1.29, 1.82) is 0 Å². The fourth-order valence-corrected chi connectivity index (χ4v) is 2.83. The molecule has 1 aliphatic rings. The summed E-state index contributed by atoms with van der Waals surface area (Å²) in [6, 6.07) is 7.39. The van der Waals surface area contributed by atoms with Crippen molar-refractivity contribution in [2.75, 3.05) is 0 Å². The van der Waals surface area contributed by atoms with Gasteiger partial charge in [-0.3, -0.25) is 4.79 Å². The lowest BCUT2D eigenvalue weighted by Gasteiger charge is -2.15. The van der Waals surface area contributed by atoms with E-state index in [1.54, 1.807) is 19.1 Å². The van der Waals surface area contributed by atoms with Crippen LogP contribution in [0, 0.1) is 18.6 Å². The van der Waals surface area contributed by atoms with E-state index in [-0.39, 0.29) is 23.7 Å². The van der Waals surface area contributed by atoms with Crippen LogP contribution in [-0.2, 0) is 11.2 Å². The van der Waals surface area contributed by atoms with E-state index in [0.717, 1.165) is 18.9 Å². The van der Waals surface area contributed by atoms with Crippen LogP contribution < -0.4 is 5.32 Å². The zero-order valence-electron chi connectivity index (χ0n) is 14.3. The normalized spacial score (nSPS) is 14.7. The molecule has 2 aromatic rings. The van der Waals surface area contributed by atoms with Crippen LogP contribution in [0.3, 0.4) is 0 Å². The van der Waals surface area contributed by atoms with Gasteiger partial charge in [-0.1, -0.05) is 18.2 Å². The Balaban J connectivity index is 1.72. The van der Waals surface area contributed by atoms with Crippen LogP contribution in [0.1, 0.15) is 45.8 Å². The van der Waals surface area contributed by atoms with Gasteiger partial charge in [0.25, 0.3) is 5.91 Å². The first-order chi connectivity index (χ1) is 12.3. The maximum Gasteiger partial charge on any atom is 0.326 e. The molecule has 1 aliphatic carbocycles. The second kappa shape index (κ2) is 7.23. The Hall–Kier alpha value is -2.76. The van der Waals surface area contributed by atoms with Crippen LogP contribution in [0.25, 0.3) is 0 Å². The molecule has 1 amide bonds. The van der Waals surface area contributed by atoms with Gasteiger partial charge in [-0.05, 0) is 60.6 Å². The number of carbonyl (C=O) groups excluding carboxylic acids is 1. The fourth-order valence-electron chi connectivity index (χ4n) is 2.83. The predicted molar refractivity (Wildman–Crippen MR) is 92.1 cm³/mol. The third-order valence-corrected chi connectivity index (χ3v) is 4.56. The number of carboxylic acids is 1. The molecule has 136 valence electrons. The average Bonchev–Trinajstić information content (AvgIpc) is 3.41. The van der Waals surface area contributed by atoms with Gasteiger partial charge in [0.05, 0.1) is 0 Å². The van der Waals surface area contributed by atoms with Gasteiger partial charge >= 0.3 is 5.97 Å². The first kappa shape index (κ1) is 18.0. The molecule has 0 aliphatic heterocycles. The van der Waals surface area contributed by atoms with E-state index in [2.05, 4.69) is 5.32 Å². The summed E-state index contributed by atoms with van der Waals surface area (Å²) in [7, 11) is 0. The number of amides is 1. The lowest BCUT2D eigenvalue weighted by atomic mass is 10.0. The molecule has 1 fully saturated rings. The van der Waals surface area contributed by atoms with Crippen molar-refractivity contribution < 1.29 is 23.5 Å². The van der Waals surface area contributed by atoms with Crippen LogP contribution >= 0.6 is 0 Å². The third-order valence-electron chi connectivity index (χ3n) is 4.56. The third kappa shape index (κ3) is 4.07. The molecule has 3 rings (SSSR count). The van der Waals surface area contributed by atoms with Crippen molar-refractivity contribution in [2.45, 2.75) is 38.1 Å². The highest BCUT2D eigenvalue weighted by Gasteiger charge is 2.27. The van der Waals surface area contributed by atoms with Crippen LogP contribution in [0.5, 0.6) is 0 Å². The maximum absolute atomic E-state index is 14.1. The highest BCUT2D eigenvalue weighted by Crippen LogP contribution is 2.41. The zero-order valence-corrected chi connectivity index (χ0v) is 14.3. The molecule has 0 spiro atoms. The molecule has 26 heavy (non-hydrogen) atoms. The number of rotatable bonds is 6. The Morgan fingerprint density at radius 1 is 1.15 bits per heavy atom. The molecular formula is C20H19F2NO3. The monoisotopic (exact) mass is 359 g/mol. The Kier molecular flexibility index (Phi) is 5.02. The summed E-state index contributed by atoms with van der Waals surface area (Å²) >= 11 is 0. The highest BCUT2D eigenvalue weighted by molar-refractivity contribution is 5.96. The molecular weight excluding hydrogens is 340 g/mol. The zero-order chi connectivity index (χ0) is 18.8. The van der Waals surface area contributed by atoms with Gasteiger partial charge in [0.15, 0.2) is 0 Å². The fraction of sp³-hybridized carbons (Fsp3) is 0.300. The van der Waals surface area contributed by atoms with Gasteiger partial charge in [0.1, 0.15) is 17.7 Å². The quantitative estimate of drug-likeness (QED) is 0.829. The Morgan fingerprint density at radius 2 is 1.88 bits per heavy atom. The minimum Gasteiger partial charge on any atom is -0.480 e. The van der Waals surface area contributed by atoms with Gasteiger partial charge in [-0.15, -0.1) is 0 Å². The highest BCUT2D eigenvalue weighted by atomic mass is 19.1. The molecule has 1 saturated carbocycles. The second-order valence-corrected chi connectivity index (χ2v) is 6.66. The van der Waals surface area contributed by atoms with Crippen LogP contribution in [0.4, 0.5) is 8.78 Å². The maximum atomic E-state index is 14.1. The first-order valence-corrected chi connectivity index (χ1v) is 8.43. The Bertz CT molecular complexity index is 862. The minimum absolute atomic E-state index is 0.0367. The van der Waals surface area contributed by atoms with E-state index < -0.39 is 23.7 Å². The lowest BCUT2D eigenvalue weighted by Crippen LogP contribution is -2.42. The summed E-state index contributed by atoms with van der Waals surface area (Å²) < 4.78 is 27.7. The molecule has 0 bridgehead atoms. The molecule has 2 aromatic carbocycles. The van der Waals surface area contributed by atoms with Crippen molar-refractivity contribution >= 4 is 11.9 Å². The topological polar surface area (TPSA) is 66.4 Å². The molecule has 2 N–H and O–H groups in total. The van der Waals surface area contributed by atoms with Gasteiger partial charge in [0, 0.05) is 12.0 Å². The molecule has 0 saturated heterocycles. The SMILES string of the molecule is Cc1ccc(C(=O)N[C@H](Cc2ccc(C3CC3)c(F)c2)C(=O)O)cc1F. The van der Waals surface area contributed by atoms with E-state index in [9.17, 15) is 23.5 Å². The van der Waals surface area contributed by atoms with E-state index in [1.807, 2.05) is 0 Å². The second-order valence-electron chi connectivity index (χ2n) is 6.66. The number of halogens is 2. The largest absolute Gasteiger partial charge is 0.480 e. The van der Waals surface area contributed by atoms with Crippen LogP contribution in [0.15, 0.2) is 36.4 Å². The van der Waals surface area contributed by atoms with Crippen molar-refractivity contribution in [1.82, 2.24) is 5.32 Å². The van der Waals surface area contributed by atoms with E-state index in [4.69, 9.17) is 0 Å². The Morgan fingerprint density at radius 3 is 2.46 bits per heavy atom. The molecule has 0 radical (unpaired) electrons. The number of carbonyl (C=O) groups is 2. The molecule has 0 heterocycles. The van der Waals surface area contributed by atoms with Gasteiger partial charge in [-0.25, -0.2) is 13.6 Å². The van der Waals surface area contributed by atoms with Crippen molar-refractivity contribution in [3.63, 3.8) is 0 Å². The van der Waals surface area contributed by atoms with Gasteiger partial charge in [0.2, 0.25) is 0 Å². The number of aliphatic carboxylic acids is 1. The number of hydrogen-bond acceptors (Lipinski definition) is 2. The number of carboxylic acid groups (broad SMARTS) is 1. The molecule has 4 nitrogen and oxygen atoms in total. The average molecular weight is 359 g/mol. The number of nitrogens with one attached hydrogen (secondary N) is 1. The van der Waals surface area contributed by atoms with Crippen LogP contribution in [0.2, 0.25) is 0 Å². The lowest BCUT2D eigenvalue weighted by molar-refractivity contribution is -0.139. The summed E-state index contributed by atoms with van der Waals surface area (Å²) in [4.78, 5) is 23.7. The summed E-state index contributed by atoms with van der Waals surface area (Å²) in [5.41, 5.74) is 1.56. The van der Waals surface area contributed by atoms with Crippen molar-refractivity contribution in [3.8, 4) is 0 Å². The first-order valence-electron chi connectivity index (χ1n) is 8.43. The van der Waals surface area contributed by atoms with Crippen LogP contribution in [-0.4, -0.2) is 23.0 Å². The number of aryl methyl sites for hydroxylation is 1. The summed E-state index contributed by atoms with van der Waals surface area (Å²) in [5.74, 6) is -2.55. The number of benzene rings is 2. The van der Waals surface area contributed by atoms with E-state index >= 15 is 0 Å². The minimum atomic E-state index is -1.24. The summed E-state index contributed by atoms with van der Waals surface area (Å²) in [5, 5.41) is 11.7. The standard InChI is InChI=1S/C20H19F2NO3/c1-11-2-4-14(10-16(11)21)19(24)23-18(20(25)26)9-12-3-7-15(13-5-6-13)17(22)8-12/h2-4,7-8,10,13,18H,5-6,9H2,1H3,(H,23,24)(H,25,26)/t18-/m1/s1. The smallest absolute Gasteiger partial charge is 0.326 e.